The average molecular weight is 763 g/mol. The predicted molar refractivity (Wildman–Crippen MR) is 225 cm³/mol. The van der Waals surface area contributed by atoms with Gasteiger partial charge in [0.1, 0.15) is 6.11 Å². The van der Waals surface area contributed by atoms with E-state index in [4.69, 9.17) is 14.7 Å². The molecule has 0 radical (unpaired) electrons. The predicted octanol–water partition coefficient (Wildman–Crippen LogP) is 12.9. The first-order valence-electron chi connectivity index (χ1n) is 19.8. The molecule has 3 aromatic heterocycles. The highest BCUT2D eigenvalue weighted by molar-refractivity contribution is 7.19. The van der Waals surface area contributed by atoms with Gasteiger partial charge in [-0.2, -0.15) is 0 Å². The molecule has 0 aliphatic carbocycles. The number of aliphatic hydroxyl groups is 1. The van der Waals surface area contributed by atoms with Gasteiger partial charge >= 0.3 is 5.97 Å². The smallest absolute Gasteiger partial charge is 0.338 e. The van der Waals surface area contributed by atoms with E-state index in [-0.39, 0.29) is 6.61 Å². The lowest BCUT2D eigenvalue weighted by molar-refractivity contribution is 0.0525. The molecule has 0 aliphatic heterocycles. The van der Waals surface area contributed by atoms with E-state index in [1.165, 1.54) is 85.3 Å². The van der Waals surface area contributed by atoms with Crippen molar-refractivity contribution in [1.82, 2.24) is 9.97 Å². The van der Waals surface area contributed by atoms with Crippen molar-refractivity contribution < 1.29 is 19.4 Å². The van der Waals surface area contributed by atoms with Gasteiger partial charge in [0.2, 0.25) is 5.78 Å². The number of carbonyl (C=O) groups is 2. The fourth-order valence-corrected chi connectivity index (χ4v) is 8.96. The number of hydrogen-bond donors (Lipinski definition) is 1. The second-order valence-electron chi connectivity index (χ2n) is 14.1. The van der Waals surface area contributed by atoms with Crippen molar-refractivity contribution >= 4 is 45.5 Å². The lowest BCUT2D eigenvalue weighted by Gasteiger charge is -2.15. The normalized spacial score (nSPS) is 11.1. The third-order valence-electron chi connectivity index (χ3n) is 9.93. The van der Waals surface area contributed by atoms with Gasteiger partial charge in [-0.15, -0.1) is 22.7 Å². The molecule has 0 bridgehead atoms. The molecule has 284 valence electrons. The number of nitrogens with zero attached hydrogens (tertiary/aromatic N) is 2. The van der Waals surface area contributed by atoms with Crippen LogP contribution in [0.2, 0.25) is 0 Å². The first-order chi connectivity index (χ1) is 26.3. The summed E-state index contributed by atoms with van der Waals surface area (Å²) in [7, 11) is 0. The largest absolute Gasteiger partial charge is 0.462 e. The fourth-order valence-electron chi connectivity index (χ4n) is 7.00. The summed E-state index contributed by atoms with van der Waals surface area (Å²) in [5.74, 6) is 1.29. The van der Waals surface area contributed by atoms with Crippen LogP contribution in [0.5, 0.6) is 0 Å². The van der Waals surface area contributed by atoms with Gasteiger partial charge < -0.3 is 9.84 Å². The number of aryl methyl sites for hydroxylation is 4. The molecular weight excluding hydrogens is 709 g/mol. The molecule has 0 fully saturated rings. The Morgan fingerprint density at radius 2 is 1.17 bits per heavy atom. The van der Waals surface area contributed by atoms with Crippen LogP contribution in [0.1, 0.15) is 140 Å². The van der Waals surface area contributed by atoms with Gasteiger partial charge in [-0.25, -0.2) is 14.8 Å². The Hall–Kier alpha value is -4.32. The number of unbranched alkanes of at least 4 members (excludes halogenated alkanes) is 10. The minimum absolute atomic E-state index is 0.240. The van der Waals surface area contributed by atoms with E-state index in [0.717, 1.165) is 69.0 Å². The highest BCUT2D eigenvalue weighted by Crippen LogP contribution is 2.42. The summed E-state index contributed by atoms with van der Waals surface area (Å²) in [6.07, 6.45) is 18.3. The van der Waals surface area contributed by atoms with Crippen molar-refractivity contribution in [1.29, 1.82) is 0 Å². The first-order valence-corrected chi connectivity index (χ1v) is 21.4. The van der Waals surface area contributed by atoms with E-state index >= 15 is 0 Å². The second kappa shape index (κ2) is 20.4. The van der Waals surface area contributed by atoms with E-state index in [9.17, 15) is 14.7 Å². The third-order valence-corrected chi connectivity index (χ3v) is 12.1. The minimum atomic E-state index is -0.523. The van der Waals surface area contributed by atoms with E-state index < -0.39 is 11.8 Å². The third kappa shape index (κ3) is 10.2. The summed E-state index contributed by atoms with van der Waals surface area (Å²) in [4.78, 5) is 41.3. The Bertz CT molecular complexity index is 2120. The van der Waals surface area contributed by atoms with Crippen molar-refractivity contribution in [2.24, 2.45) is 0 Å². The zero-order chi connectivity index (χ0) is 38.5. The molecule has 0 unspecified atom stereocenters. The molecule has 1 N–H and O–H groups in total. The molecule has 0 saturated carbocycles. The van der Waals surface area contributed by atoms with Crippen molar-refractivity contribution in [2.75, 3.05) is 6.61 Å². The zero-order valence-corrected chi connectivity index (χ0v) is 34.2. The maximum Gasteiger partial charge on any atom is 0.338 e. The van der Waals surface area contributed by atoms with Gasteiger partial charge in [-0.1, -0.05) is 90.2 Å². The van der Waals surface area contributed by atoms with Gasteiger partial charge in [0, 0.05) is 47.7 Å². The van der Waals surface area contributed by atoms with Crippen LogP contribution in [0.15, 0.2) is 48.5 Å². The van der Waals surface area contributed by atoms with E-state index in [0.29, 0.717) is 22.3 Å². The Kier molecular flexibility index (Phi) is 15.4. The molecule has 0 aliphatic rings. The van der Waals surface area contributed by atoms with Gasteiger partial charge in [0.05, 0.1) is 34.6 Å². The van der Waals surface area contributed by atoms with Crippen LogP contribution >= 0.6 is 22.7 Å². The number of ether oxygens (including phenoxy) is 1. The summed E-state index contributed by atoms with van der Waals surface area (Å²) < 4.78 is 5.34. The second-order valence-corrected chi connectivity index (χ2v) is 16.5. The summed E-state index contributed by atoms with van der Waals surface area (Å²) in [6.45, 7) is 10.4. The van der Waals surface area contributed by atoms with Crippen molar-refractivity contribution in [3.05, 3.63) is 81.5 Å². The number of hydrogen-bond acceptors (Lipinski definition) is 8. The summed E-state index contributed by atoms with van der Waals surface area (Å²) in [6, 6.07) is 16.1. The number of esters is 1. The number of rotatable bonds is 20. The quantitative estimate of drug-likeness (QED) is 0.0367. The number of benzene rings is 2. The van der Waals surface area contributed by atoms with Crippen molar-refractivity contribution in [3.8, 4) is 43.3 Å². The number of fused-ring (bicyclic) bond motifs is 1. The first kappa shape index (κ1) is 40.9. The molecule has 0 saturated heterocycles. The monoisotopic (exact) mass is 762 g/mol. The number of aromatic nitrogens is 2. The molecule has 54 heavy (non-hydrogen) atoms. The van der Waals surface area contributed by atoms with Crippen LogP contribution in [0.3, 0.4) is 0 Å². The average Bonchev–Trinajstić information content (AvgIpc) is 3.83. The summed E-state index contributed by atoms with van der Waals surface area (Å²) in [5.41, 5.74) is 8.02. The van der Waals surface area contributed by atoms with Gasteiger partial charge in [0.25, 0.3) is 0 Å². The van der Waals surface area contributed by atoms with E-state index in [1.54, 1.807) is 43.4 Å². The number of ketones is 1. The molecule has 3 heterocycles. The number of Topliss-reactive ketones (excluding diaryl/α,β-unsaturated/α-hetero) is 1. The van der Waals surface area contributed by atoms with Crippen LogP contribution in [-0.4, -0.2) is 33.4 Å². The SMILES string of the molecule is CCCCCCCCc1nc2c(-c3ccc(C)s3)ccc(-c3ccc(-c4cc(C(=O)OCC)c(C)cc4C(=O)C#CO)s3)c2nc1CCCCCCCC. The standard InChI is InChI=1S/C46H54N2O4S2/c1-6-9-11-13-15-17-19-38-39(20-18-16-14-12-10-7-2)48-45-34(23-22-33(44(45)47-38)41-24-21-32(5)53-41)42-25-26-43(54-42)37-30-35(46(51)52-8-3)31(4)29-36(37)40(50)27-28-49/h21-26,29-30,49H,6-20H2,1-5H3. The zero-order valence-electron chi connectivity index (χ0n) is 32.6. The van der Waals surface area contributed by atoms with Crippen molar-refractivity contribution in [3.63, 3.8) is 0 Å². The Labute approximate surface area is 329 Å². The number of carbonyl (C=O) groups excluding carboxylic acids is 2. The van der Waals surface area contributed by atoms with Crippen LogP contribution in [0, 0.1) is 25.9 Å². The molecule has 5 rings (SSSR count). The van der Waals surface area contributed by atoms with Gasteiger partial charge in [-0.3, -0.25) is 4.79 Å². The van der Waals surface area contributed by atoms with Crippen LogP contribution in [0.4, 0.5) is 0 Å². The van der Waals surface area contributed by atoms with Crippen LogP contribution < -0.4 is 0 Å². The lowest BCUT2D eigenvalue weighted by atomic mass is 9.95. The summed E-state index contributed by atoms with van der Waals surface area (Å²) in [5, 5.41) is 9.27. The highest BCUT2D eigenvalue weighted by Gasteiger charge is 2.22. The molecule has 6 nitrogen and oxygen atoms in total. The molecular formula is C46H54N2O4S2. The Morgan fingerprint density at radius 1 is 0.648 bits per heavy atom. The Balaban J connectivity index is 1.62. The number of thiophene rings is 2. The highest BCUT2D eigenvalue weighted by atomic mass is 32.1. The van der Waals surface area contributed by atoms with E-state index in [2.05, 4.69) is 57.0 Å². The lowest BCUT2D eigenvalue weighted by Crippen LogP contribution is -2.09. The maximum atomic E-state index is 13.1. The molecule has 0 spiro atoms. The molecule has 2 aromatic carbocycles. The molecule has 5 aromatic rings. The van der Waals surface area contributed by atoms with Gasteiger partial charge in [0.15, 0.2) is 0 Å². The number of aliphatic hydroxyl groups excluding tert-OH is 1. The van der Waals surface area contributed by atoms with E-state index in [1.807, 2.05) is 6.07 Å². The summed E-state index contributed by atoms with van der Waals surface area (Å²) >= 11 is 3.30. The molecule has 0 atom stereocenters. The Morgan fingerprint density at radius 3 is 1.69 bits per heavy atom. The van der Waals surface area contributed by atoms with Crippen molar-refractivity contribution in [2.45, 2.75) is 125 Å². The topological polar surface area (TPSA) is 89.4 Å². The minimum Gasteiger partial charge on any atom is -0.462 e. The van der Waals surface area contributed by atoms with Gasteiger partial charge in [-0.05, 0) is 88.4 Å². The van der Waals surface area contributed by atoms with Crippen LogP contribution in [-0.2, 0) is 17.6 Å². The molecule has 0 amide bonds. The maximum absolute atomic E-state index is 13.1. The van der Waals surface area contributed by atoms with Crippen LogP contribution in [0.25, 0.3) is 42.4 Å². The molecule has 8 heteroatoms. The fraction of sp³-hybridized carbons (Fsp3) is 0.435.